The second kappa shape index (κ2) is 17.6. The zero-order valence-electron chi connectivity index (χ0n) is 27.0. The number of carbonyl (C=O) groups excluding carboxylic acids is 5. The summed E-state index contributed by atoms with van der Waals surface area (Å²) in [5.74, 6) is -6.20. The highest BCUT2D eigenvalue weighted by atomic mass is 16.6. The summed E-state index contributed by atoms with van der Waals surface area (Å²) in [5, 5.41) is 21.0. The molecule has 7 atom stereocenters. The summed E-state index contributed by atoms with van der Waals surface area (Å²) in [6.07, 6.45) is -7.63. The van der Waals surface area contributed by atoms with E-state index in [2.05, 4.69) is 4.99 Å². The summed E-state index contributed by atoms with van der Waals surface area (Å²) in [6.45, 7) is 6.03. The molecule has 0 saturated heterocycles. The number of methoxy groups -OCH3 is 1. The molecule has 0 aliphatic heterocycles. The fourth-order valence-corrected chi connectivity index (χ4v) is 4.48. The fourth-order valence-electron chi connectivity index (χ4n) is 4.48. The van der Waals surface area contributed by atoms with Gasteiger partial charge in [-0.3, -0.25) is 29.0 Å². The standard InChI is InChI=1S/C32H39NO14/c1-16(22-8-9-24-13-25(42-7)11-10-23(24)12-22)32(41)43-15-27(45-19(4)36)30(47-21(6)38)29(46-20(5)37)26(44-18(3)35)14-33-28(17(2)34)31(39)40/h8-14,16-17,26-30,34H,15H2,1-7H3,(H,39,40)/t16?,17-,26?,27?,28+,29?,30?/m1/s1. The largest absolute Gasteiger partial charge is 0.497 e. The van der Waals surface area contributed by atoms with Crippen LogP contribution in [0.4, 0.5) is 0 Å². The van der Waals surface area contributed by atoms with Gasteiger partial charge in [0.15, 0.2) is 30.5 Å². The van der Waals surface area contributed by atoms with Crippen LogP contribution in [0.1, 0.15) is 53.0 Å². The predicted octanol–water partition coefficient (Wildman–Crippen LogP) is 2.13. The lowest BCUT2D eigenvalue weighted by molar-refractivity contribution is -0.198. The van der Waals surface area contributed by atoms with Crippen LogP contribution in [0.15, 0.2) is 41.4 Å². The first-order chi connectivity index (χ1) is 22.0. The SMILES string of the molecule is COc1ccc2cc(C(C)C(=O)OCC(OC(C)=O)C(OC(C)=O)C(OC(C)=O)C(C=N[C@H](C(=O)O)[C@@H](C)O)OC(C)=O)ccc2c1. The fraction of sp³-hybridized carbons (Fsp3) is 0.469. The van der Waals surface area contributed by atoms with E-state index in [1.807, 2.05) is 18.2 Å². The molecule has 15 heteroatoms. The number of carboxylic acid groups (broad SMARTS) is 1. The van der Waals surface area contributed by atoms with Crippen LogP contribution in [0.25, 0.3) is 10.8 Å². The van der Waals surface area contributed by atoms with E-state index in [-0.39, 0.29) is 0 Å². The molecule has 0 bridgehead atoms. The Morgan fingerprint density at radius 3 is 1.87 bits per heavy atom. The maximum atomic E-state index is 13.2. The number of rotatable bonds is 16. The van der Waals surface area contributed by atoms with E-state index >= 15 is 0 Å². The number of nitrogens with zero attached hydrogens (tertiary/aromatic N) is 1. The van der Waals surface area contributed by atoms with Gasteiger partial charge in [0, 0.05) is 33.9 Å². The molecule has 2 N–H and O–H groups in total. The average molecular weight is 662 g/mol. The third kappa shape index (κ3) is 11.7. The van der Waals surface area contributed by atoms with Crippen LogP contribution < -0.4 is 4.74 Å². The van der Waals surface area contributed by atoms with Crippen molar-refractivity contribution in [1.29, 1.82) is 0 Å². The molecular formula is C32H39NO14. The maximum Gasteiger partial charge on any atom is 0.331 e. The van der Waals surface area contributed by atoms with Crippen molar-refractivity contribution in [2.75, 3.05) is 13.7 Å². The van der Waals surface area contributed by atoms with E-state index in [1.54, 1.807) is 32.2 Å². The number of aliphatic hydroxyl groups is 1. The van der Waals surface area contributed by atoms with Crippen molar-refractivity contribution < 1.29 is 67.4 Å². The summed E-state index contributed by atoms with van der Waals surface area (Å²) in [5.41, 5.74) is 0.600. The molecule has 2 aromatic carbocycles. The van der Waals surface area contributed by atoms with Crippen molar-refractivity contribution in [2.45, 2.75) is 84.0 Å². The van der Waals surface area contributed by atoms with Gasteiger partial charge in [0.25, 0.3) is 0 Å². The minimum atomic E-state index is -1.80. The topological polar surface area (TPSA) is 211 Å². The number of carbonyl (C=O) groups is 6. The van der Waals surface area contributed by atoms with Crippen LogP contribution in [0.5, 0.6) is 5.75 Å². The van der Waals surface area contributed by atoms with Gasteiger partial charge in [-0.1, -0.05) is 24.3 Å². The van der Waals surface area contributed by atoms with Crippen molar-refractivity contribution in [3.05, 3.63) is 42.0 Å². The van der Waals surface area contributed by atoms with E-state index in [9.17, 15) is 39.0 Å². The lowest BCUT2D eigenvalue weighted by atomic mass is 9.97. The third-order valence-corrected chi connectivity index (χ3v) is 6.66. The van der Waals surface area contributed by atoms with E-state index in [0.29, 0.717) is 11.3 Å². The molecule has 256 valence electrons. The first-order valence-electron chi connectivity index (χ1n) is 14.4. The monoisotopic (exact) mass is 661 g/mol. The molecule has 0 heterocycles. The van der Waals surface area contributed by atoms with Crippen LogP contribution in [0.2, 0.25) is 0 Å². The number of aliphatic hydroxyl groups excluding tert-OH is 1. The molecule has 0 fully saturated rings. The van der Waals surface area contributed by atoms with Crippen LogP contribution in [-0.2, 0) is 52.5 Å². The van der Waals surface area contributed by atoms with Crippen LogP contribution in [0, 0.1) is 0 Å². The predicted molar refractivity (Wildman–Crippen MR) is 164 cm³/mol. The molecule has 0 aromatic heterocycles. The van der Waals surface area contributed by atoms with Gasteiger partial charge in [-0.2, -0.15) is 0 Å². The average Bonchev–Trinajstić information content (AvgIpc) is 2.98. The first-order valence-corrected chi connectivity index (χ1v) is 14.4. The normalized spacial score (nSPS) is 15.7. The Hall–Kier alpha value is -5.05. The van der Waals surface area contributed by atoms with Crippen LogP contribution in [-0.4, -0.2) is 103 Å². The number of esters is 5. The number of benzene rings is 2. The minimum Gasteiger partial charge on any atom is -0.497 e. The minimum absolute atomic E-state index is 0.600. The van der Waals surface area contributed by atoms with E-state index < -0.39 is 84.9 Å². The molecule has 0 aliphatic rings. The third-order valence-electron chi connectivity index (χ3n) is 6.66. The Morgan fingerprint density at radius 2 is 1.34 bits per heavy atom. The van der Waals surface area contributed by atoms with Gasteiger partial charge in [0.2, 0.25) is 0 Å². The molecule has 47 heavy (non-hydrogen) atoms. The summed E-state index contributed by atoms with van der Waals surface area (Å²) >= 11 is 0. The molecule has 5 unspecified atom stereocenters. The highest BCUT2D eigenvalue weighted by molar-refractivity contribution is 5.87. The maximum absolute atomic E-state index is 13.2. The van der Waals surface area contributed by atoms with Crippen molar-refractivity contribution in [3.8, 4) is 5.75 Å². The van der Waals surface area contributed by atoms with Crippen molar-refractivity contribution in [1.82, 2.24) is 0 Å². The zero-order chi connectivity index (χ0) is 35.4. The van der Waals surface area contributed by atoms with E-state index in [0.717, 1.165) is 51.6 Å². The van der Waals surface area contributed by atoms with Gasteiger partial charge in [0.1, 0.15) is 12.4 Å². The van der Waals surface area contributed by atoms with Crippen molar-refractivity contribution >= 4 is 52.8 Å². The molecule has 0 radical (unpaired) electrons. The number of fused-ring (bicyclic) bond motifs is 1. The molecule has 0 spiro atoms. The number of ether oxygens (including phenoxy) is 6. The number of aliphatic imine (C=N–C) groups is 1. The van der Waals surface area contributed by atoms with Gasteiger partial charge in [-0.15, -0.1) is 0 Å². The number of aliphatic carboxylic acids is 1. The van der Waals surface area contributed by atoms with Gasteiger partial charge in [0.05, 0.1) is 19.1 Å². The summed E-state index contributed by atoms with van der Waals surface area (Å²) < 4.78 is 32.0. The highest BCUT2D eigenvalue weighted by Crippen LogP contribution is 2.26. The first kappa shape index (κ1) is 38.1. The van der Waals surface area contributed by atoms with E-state index in [4.69, 9.17) is 28.4 Å². The molecule has 2 aromatic rings. The smallest absolute Gasteiger partial charge is 0.331 e. The highest BCUT2D eigenvalue weighted by Gasteiger charge is 2.44. The lowest BCUT2D eigenvalue weighted by Crippen LogP contribution is -2.53. The second-order valence-electron chi connectivity index (χ2n) is 10.5. The molecule has 0 aliphatic carbocycles. The summed E-state index contributed by atoms with van der Waals surface area (Å²) in [4.78, 5) is 77.1. The van der Waals surface area contributed by atoms with Gasteiger partial charge in [-0.25, -0.2) is 4.79 Å². The zero-order valence-corrected chi connectivity index (χ0v) is 27.0. The van der Waals surface area contributed by atoms with E-state index in [1.165, 1.54) is 0 Å². The lowest BCUT2D eigenvalue weighted by Gasteiger charge is -2.34. The Kier molecular flexibility index (Phi) is 14.3. The second-order valence-corrected chi connectivity index (χ2v) is 10.5. The van der Waals surface area contributed by atoms with Gasteiger partial charge < -0.3 is 38.6 Å². The van der Waals surface area contributed by atoms with Crippen LogP contribution >= 0.6 is 0 Å². The Balaban J connectivity index is 2.47. The quantitative estimate of drug-likeness (QED) is 0.150. The number of carboxylic acids is 1. The van der Waals surface area contributed by atoms with Gasteiger partial charge >= 0.3 is 35.8 Å². The molecule has 15 nitrogen and oxygen atoms in total. The molecule has 0 saturated carbocycles. The number of hydrogen-bond acceptors (Lipinski definition) is 14. The summed E-state index contributed by atoms with van der Waals surface area (Å²) in [6, 6.07) is 9.05. The Morgan fingerprint density at radius 1 is 0.787 bits per heavy atom. The van der Waals surface area contributed by atoms with Crippen LogP contribution in [0.3, 0.4) is 0 Å². The summed E-state index contributed by atoms with van der Waals surface area (Å²) in [7, 11) is 1.55. The number of hydrogen-bond donors (Lipinski definition) is 2. The van der Waals surface area contributed by atoms with Crippen molar-refractivity contribution in [3.63, 3.8) is 0 Å². The van der Waals surface area contributed by atoms with Crippen molar-refractivity contribution in [2.24, 2.45) is 4.99 Å². The molecular weight excluding hydrogens is 622 g/mol. The van der Waals surface area contributed by atoms with Gasteiger partial charge in [-0.05, 0) is 42.3 Å². The Bertz CT molecular complexity index is 1490. The Labute approximate surface area is 270 Å². The molecule has 0 amide bonds. The molecule has 2 rings (SSSR count).